The molecule has 1 aliphatic rings. The van der Waals surface area contributed by atoms with Gasteiger partial charge in [0, 0.05) is 6.42 Å². The van der Waals surface area contributed by atoms with Crippen LogP contribution in [0, 0.1) is 5.92 Å². The van der Waals surface area contributed by atoms with Gasteiger partial charge in [-0.1, -0.05) is 103 Å². The molecule has 0 heterocycles. The Balaban J connectivity index is 2.24. The smallest absolute Gasteiger partial charge is 0.316 e. The number of aliphatic hydroxyl groups is 1. The van der Waals surface area contributed by atoms with Gasteiger partial charge in [0.2, 0.25) is 0 Å². The standard InChI is InChI=1S/C28H48O6/c1-4-5-6-7-8-9-10-11-12-13-14-15-16-17-21-28(32)22-20-24(26(28)27(31)33-3)34-25(30)19-18-23(2)29/h20,22,24,26,32H,4-19,21H2,1-3H3. The summed E-state index contributed by atoms with van der Waals surface area (Å²) in [5.41, 5.74) is -1.38. The molecule has 0 saturated heterocycles. The Morgan fingerprint density at radius 2 is 1.32 bits per heavy atom. The van der Waals surface area contributed by atoms with Crippen LogP contribution in [0.1, 0.15) is 123 Å². The molecule has 3 atom stereocenters. The molecular weight excluding hydrogens is 432 g/mol. The van der Waals surface area contributed by atoms with E-state index in [0.717, 1.165) is 19.3 Å². The summed E-state index contributed by atoms with van der Waals surface area (Å²) in [5.74, 6) is -2.22. The summed E-state index contributed by atoms with van der Waals surface area (Å²) in [5, 5.41) is 11.1. The van der Waals surface area contributed by atoms with Gasteiger partial charge in [-0.25, -0.2) is 0 Å². The monoisotopic (exact) mass is 480 g/mol. The number of ether oxygens (including phenoxy) is 2. The maximum absolute atomic E-state index is 12.4. The van der Waals surface area contributed by atoms with E-state index in [1.807, 2.05) is 0 Å². The molecule has 6 nitrogen and oxygen atoms in total. The summed E-state index contributed by atoms with van der Waals surface area (Å²) in [6, 6.07) is 0. The molecule has 6 heteroatoms. The lowest BCUT2D eigenvalue weighted by Crippen LogP contribution is -2.44. The van der Waals surface area contributed by atoms with E-state index in [-0.39, 0.29) is 18.6 Å². The minimum Gasteiger partial charge on any atom is -0.469 e. The number of methoxy groups -OCH3 is 1. The normalized spacial score (nSPS) is 21.5. The molecule has 0 saturated carbocycles. The fraction of sp³-hybridized carbons (Fsp3) is 0.821. The third-order valence-electron chi connectivity index (χ3n) is 6.78. The molecule has 3 unspecified atom stereocenters. The van der Waals surface area contributed by atoms with Crippen LogP contribution in [-0.4, -0.2) is 41.6 Å². The Kier molecular flexibility index (Phi) is 15.8. The number of Topliss-reactive ketones (excluding diaryl/α,β-unsaturated/α-hetero) is 1. The first-order valence-electron chi connectivity index (χ1n) is 13.5. The second-order valence-electron chi connectivity index (χ2n) is 9.85. The second-order valence-corrected chi connectivity index (χ2v) is 9.85. The predicted octanol–water partition coefficient (Wildman–Crippen LogP) is 6.23. The van der Waals surface area contributed by atoms with E-state index in [1.54, 1.807) is 12.2 Å². The molecule has 1 rings (SSSR count). The van der Waals surface area contributed by atoms with Crippen LogP contribution in [0.15, 0.2) is 12.2 Å². The van der Waals surface area contributed by atoms with Crippen LogP contribution in [-0.2, 0) is 23.9 Å². The number of hydrogen-bond donors (Lipinski definition) is 1. The van der Waals surface area contributed by atoms with Gasteiger partial charge < -0.3 is 19.4 Å². The Labute approximate surface area is 206 Å². The number of hydrogen-bond acceptors (Lipinski definition) is 6. The summed E-state index contributed by atoms with van der Waals surface area (Å²) in [7, 11) is 1.27. The fourth-order valence-corrected chi connectivity index (χ4v) is 4.66. The summed E-state index contributed by atoms with van der Waals surface area (Å²) < 4.78 is 10.3. The van der Waals surface area contributed by atoms with Crippen molar-refractivity contribution < 1.29 is 29.0 Å². The van der Waals surface area contributed by atoms with E-state index >= 15 is 0 Å². The average molecular weight is 481 g/mol. The molecule has 0 aromatic carbocycles. The van der Waals surface area contributed by atoms with Crippen molar-refractivity contribution in [3.05, 3.63) is 12.2 Å². The van der Waals surface area contributed by atoms with E-state index in [4.69, 9.17) is 9.47 Å². The van der Waals surface area contributed by atoms with Crippen LogP contribution in [0.4, 0.5) is 0 Å². The van der Waals surface area contributed by atoms with E-state index < -0.39 is 29.6 Å². The lowest BCUT2D eigenvalue weighted by Gasteiger charge is -2.30. The highest BCUT2D eigenvalue weighted by atomic mass is 16.6. The first-order valence-corrected chi connectivity index (χ1v) is 13.5. The third kappa shape index (κ3) is 12.1. The highest BCUT2D eigenvalue weighted by Gasteiger charge is 2.50. The van der Waals surface area contributed by atoms with Crippen molar-refractivity contribution in [2.24, 2.45) is 5.92 Å². The fourth-order valence-electron chi connectivity index (χ4n) is 4.66. The summed E-state index contributed by atoms with van der Waals surface area (Å²) in [6.45, 7) is 3.66. The Bertz CT molecular complexity index is 628. The molecule has 0 aliphatic heterocycles. The lowest BCUT2D eigenvalue weighted by molar-refractivity contribution is -0.165. The SMILES string of the molecule is CCCCCCCCCCCCCCCCC1(O)C=CC(OC(=O)CCC(C)=O)C1C(=O)OC. The second kappa shape index (κ2) is 17.7. The number of rotatable bonds is 20. The number of carbonyl (C=O) groups excluding carboxylic acids is 3. The Morgan fingerprint density at radius 1 is 0.824 bits per heavy atom. The number of carbonyl (C=O) groups is 3. The van der Waals surface area contributed by atoms with E-state index in [0.29, 0.717) is 6.42 Å². The first-order chi connectivity index (χ1) is 16.3. The number of esters is 2. The average Bonchev–Trinajstić information content (AvgIpc) is 3.13. The van der Waals surface area contributed by atoms with Crippen molar-refractivity contribution in [3.63, 3.8) is 0 Å². The zero-order chi connectivity index (χ0) is 25.2. The predicted molar refractivity (Wildman–Crippen MR) is 134 cm³/mol. The lowest BCUT2D eigenvalue weighted by atomic mass is 9.84. The van der Waals surface area contributed by atoms with Crippen molar-refractivity contribution in [2.75, 3.05) is 7.11 Å². The zero-order valence-electron chi connectivity index (χ0n) is 21.8. The molecule has 0 fully saturated rings. The topological polar surface area (TPSA) is 89.9 Å². The molecule has 196 valence electrons. The highest BCUT2D eigenvalue weighted by Crippen LogP contribution is 2.37. The van der Waals surface area contributed by atoms with Crippen molar-refractivity contribution >= 4 is 17.7 Å². The molecule has 0 bridgehead atoms. The summed E-state index contributed by atoms with van der Waals surface area (Å²) in [4.78, 5) is 35.5. The molecule has 0 spiro atoms. The summed E-state index contributed by atoms with van der Waals surface area (Å²) >= 11 is 0. The van der Waals surface area contributed by atoms with E-state index in [1.165, 1.54) is 84.7 Å². The van der Waals surface area contributed by atoms with E-state index in [9.17, 15) is 19.5 Å². The number of unbranched alkanes of at least 4 members (excludes halogenated alkanes) is 13. The van der Waals surface area contributed by atoms with Gasteiger partial charge in [0.1, 0.15) is 23.4 Å². The molecule has 0 aromatic heterocycles. The molecule has 34 heavy (non-hydrogen) atoms. The molecule has 0 amide bonds. The molecule has 0 radical (unpaired) electrons. The van der Waals surface area contributed by atoms with Gasteiger partial charge in [0.05, 0.1) is 13.5 Å². The largest absolute Gasteiger partial charge is 0.469 e. The van der Waals surface area contributed by atoms with Crippen molar-refractivity contribution in [1.29, 1.82) is 0 Å². The minimum absolute atomic E-state index is 0.0368. The van der Waals surface area contributed by atoms with E-state index in [2.05, 4.69) is 6.92 Å². The van der Waals surface area contributed by atoms with Gasteiger partial charge in [-0.05, 0) is 19.4 Å². The van der Waals surface area contributed by atoms with Crippen LogP contribution in [0.25, 0.3) is 0 Å². The van der Waals surface area contributed by atoms with Gasteiger partial charge in [-0.2, -0.15) is 0 Å². The minimum atomic E-state index is -1.38. The van der Waals surface area contributed by atoms with Gasteiger partial charge in [0.25, 0.3) is 0 Å². The molecule has 0 aromatic rings. The van der Waals surface area contributed by atoms with Crippen LogP contribution in [0.3, 0.4) is 0 Å². The van der Waals surface area contributed by atoms with Gasteiger partial charge in [-0.15, -0.1) is 0 Å². The first kappa shape index (κ1) is 30.3. The van der Waals surface area contributed by atoms with Crippen LogP contribution < -0.4 is 0 Å². The maximum atomic E-state index is 12.4. The maximum Gasteiger partial charge on any atom is 0.316 e. The quantitative estimate of drug-likeness (QED) is 0.126. The van der Waals surface area contributed by atoms with Crippen molar-refractivity contribution in [2.45, 2.75) is 135 Å². The van der Waals surface area contributed by atoms with Gasteiger partial charge >= 0.3 is 11.9 Å². The third-order valence-corrected chi connectivity index (χ3v) is 6.78. The van der Waals surface area contributed by atoms with Crippen molar-refractivity contribution in [1.82, 2.24) is 0 Å². The van der Waals surface area contributed by atoms with Crippen LogP contribution in [0.2, 0.25) is 0 Å². The highest BCUT2D eigenvalue weighted by molar-refractivity contribution is 5.82. The van der Waals surface area contributed by atoms with Crippen LogP contribution >= 0.6 is 0 Å². The number of ketones is 1. The molecule has 1 aliphatic carbocycles. The van der Waals surface area contributed by atoms with Crippen molar-refractivity contribution in [3.8, 4) is 0 Å². The van der Waals surface area contributed by atoms with Gasteiger partial charge in [-0.3, -0.25) is 9.59 Å². The zero-order valence-corrected chi connectivity index (χ0v) is 21.8. The summed E-state index contributed by atoms with van der Waals surface area (Å²) in [6.07, 6.45) is 20.2. The molecule has 1 N–H and O–H groups in total. The molecular formula is C28H48O6. The Morgan fingerprint density at radius 3 is 1.79 bits per heavy atom. The Hall–Kier alpha value is -1.69. The van der Waals surface area contributed by atoms with Gasteiger partial charge in [0.15, 0.2) is 0 Å². The van der Waals surface area contributed by atoms with Crippen LogP contribution in [0.5, 0.6) is 0 Å².